The van der Waals surface area contributed by atoms with Gasteiger partial charge in [0.25, 0.3) is 0 Å². The molecule has 0 heterocycles. The fourth-order valence-corrected chi connectivity index (χ4v) is 3.18. The molecule has 176 valence electrons. The van der Waals surface area contributed by atoms with Crippen LogP contribution in [-0.2, 0) is 22.7 Å². The summed E-state index contributed by atoms with van der Waals surface area (Å²) in [6.07, 6.45) is 1.36. The first-order valence-electron chi connectivity index (χ1n) is 10.2. The van der Waals surface area contributed by atoms with Gasteiger partial charge in [0.1, 0.15) is 6.61 Å². The van der Waals surface area contributed by atoms with Gasteiger partial charge in [0.15, 0.2) is 5.96 Å². The van der Waals surface area contributed by atoms with E-state index in [9.17, 15) is 18.0 Å². The molecule has 1 saturated carbocycles. The van der Waals surface area contributed by atoms with Gasteiger partial charge in [-0.05, 0) is 24.0 Å². The Kier molecular flexibility index (Phi) is 12.2. The van der Waals surface area contributed by atoms with Gasteiger partial charge in [-0.25, -0.2) is 4.99 Å². The number of guanidine groups is 1. The molecule has 2 rings (SSSR count). The first-order valence-corrected chi connectivity index (χ1v) is 10.2. The van der Waals surface area contributed by atoms with E-state index in [1.807, 2.05) is 6.07 Å². The molecular weight excluding hydrogens is 524 g/mol. The van der Waals surface area contributed by atoms with E-state index in [0.717, 1.165) is 18.4 Å². The molecule has 0 spiro atoms. The molecule has 6 nitrogen and oxygen atoms in total. The molecule has 1 aromatic rings. The maximum absolute atomic E-state index is 12.2. The third-order valence-electron chi connectivity index (χ3n) is 4.80. The zero-order valence-corrected chi connectivity index (χ0v) is 20.3. The predicted molar refractivity (Wildman–Crippen MR) is 125 cm³/mol. The highest BCUT2D eigenvalue weighted by Gasteiger charge is 2.27. The molecule has 31 heavy (non-hydrogen) atoms. The van der Waals surface area contributed by atoms with Gasteiger partial charge < -0.3 is 20.3 Å². The number of halogens is 4. The molecule has 1 fully saturated rings. The van der Waals surface area contributed by atoms with Crippen molar-refractivity contribution >= 4 is 35.8 Å². The van der Waals surface area contributed by atoms with Gasteiger partial charge >= 0.3 is 6.18 Å². The lowest BCUT2D eigenvalue weighted by Crippen LogP contribution is -2.47. The number of nitrogens with one attached hydrogen (secondary N) is 2. The number of alkyl halides is 3. The Morgan fingerprint density at radius 2 is 1.87 bits per heavy atom. The minimum Gasteiger partial charge on any atom is -0.367 e. The van der Waals surface area contributed by atoms with Gasteiger partial charge in [0.05, 0.1) is 19.7 Å². The lowest BCUT2D eigenvalue weighted by Gasteiger charge is -2.25. The topological polar surface area (TPSA) is 66.0 Å². The number of aliphatic imine (C=N–C) groups is 1. The molecule has 0 aliphatic heterocycles. The zero-order valence-electron chi connectivity index (χ0n) is 18.0. The van der Waals surface area contributed by atoms with Crippen LogP contribution in [0.5, 0.6) is 0 Å². The first kappa shape index (κ1) is 27.5. The fraction of sp³-hybridized carbons (Fsp3) is 0.619. The van der Waals surface area contributed by atoms with Crippen molar-refractivity contribution in [2.45, 2.75) is 57.5 Å². The molecule has 0 bridgehead atoms. The Hall–Kier alpha value is -1.56. The number of hydrogen-bond acceptors (Lipinski definition) is 3. The van der Waals surface area contributed by atoms with Crippen molar-refractivity contribution in [2.75, 3.05) is 27.2 Å². The minimum absolute atomic E-state index is 0. The van der Waals surface area contributed by atoms with Crippen LogP contribution in [0.3, 0.4) is 0 Å². The molecule has 0 saturated heterocycles. The van der Waals surface area contributed by atoms with E-state index < -0.39 is 12.8 Å². The fourth-order valence-electron chi connectivity index (χ4n) is 3.18. The molecule has 1 amide bonds. The van der Waals surface area contributed by atoms with Gasteiger partial charge in [0, 0.05) is 20.1 Å². The maximum atomic E-state index is 12.2. The van der Waals surface area contributed by atoms with Crippen molar-refractivity contribution in [3.8, 4) is 0 Å². The smallest absolute Gasteiger partial charge is 0.367 e. The second-order valence-electron chi connectivity index (χ2n) is 7.71. The number of amides is 1. The quantitative estimate of drug-likeness (QED) is 0.290. The van der Waals surface area contributed by atoms with Gasteiger partial charge in [-0.3, -0.25) is 4.79 Å². The highest BCUT2D eigenvalue weighted by atomic mass is 127. The van der Waals surface area contributed by atoms with E-state index in [2.05, 4.69) is 15.6 Å². The average Bonchev–Trinajstić information content (AvgIpc) is 2.70. The summed E-state index contributed by atoms with van der Waals surface area (Å²) >= 11 is 0. The second kappa shape index (κ2) is 13.8. The average molecular weight is 556 g/mol. The van der Waals surface area contributed by atoms with E-state index >= 15 is 0 Å². The predicted octanol–water partition coefficient (Wildman–Crippen LogP) is 3.84. The van der Waals surface area contributed by atoms with Crippen LogP contribution < -0.4 is 10.6 Å². The summed E-state index contributed by atoms with van der Waals surface area (Å²) in [6.45, 7) is -0.906. The molecule has 0 radical (unpaired) electrons. The third-order valence-corrected chi connectivity index (χ3v) is 4.80. The van der Waals surface area contributed by atoms with Gasteiger partial charge in [-0.15, -0.1) is 24.0 Å². The van der Waals surface area contributed by atoms with Crippen molar-refractivity contribution in [1.82, 2.24) is 15.5 Å². The molecule has 1 aromatic carbocycles. The number of ether oxygens (including phenoxy) is 1. The minimum atomic E-state index is -4.34. The van der Waals surface area contributed by atoms with E-state index in [4.69, 9.17) is 4.74 Å². The van der Waals surface area contributed by atoms with Crippen LogP contribution in [0.1, 0.15) is 43.2 Å². The van der Waals surface area contributed by atoms with Crippen LogP contribution in [0.15, 0.2) is 29.3 Å². The lowest BCUT2D eigenvalue weighted by atomic mass is 9.96. The van der Waals surface area contributed by atoms with Crippen molar-refractivity contribution in [3.63, 3.8) is 0 Å². The maximum Gasteiger partial charge on any atom is 0.411 e. The van der Waals surface area contributed by atoms with Gasteiger partial charge in [-0.1, -0.05) is 43.5 Å². The highest BCUT2D eigenvalue weighted by Crippen LogP contribution is 2.18. The van der Waals surface area contributed by atoms with Crippen LogP contribution >= 0.6 is 24.0 Å². The Morgan fingerprint density at radius 1 is 1.19 bits per heavy atom. The summed E-state index contributed by atoms with van der Waals surface area (Å²) in [5.74, 6) is 0.507. The summed E-state index contributed by atoms with van der Waals surface area (Å²) in [5, 5.41) is 6.49. The summed E-state index contributed by atoms with van der Waals surface area (Å²) in [7, 11) is 3.39. The van der Waals surface area contributed by atoms with E-state index in [-0.39, 0.29) is 43.0 Å². The van der Waals surface area contributed by atoms with Crippen LogP contribution in [0.25, 0.3) is 0 Å². The first-order chi connectivity index (χ1) is 14.2. The van der Waals surface area contributed by atoms with Crippen molar-refractivity contribution in [1.29, 1.82) is 0 Å². The number of benzene rings is 1. The van der Waals surface area contributed by atoms with Crippen LogP contribution in [0, 0.1) is 0 Å². The Morgan fingerprint density at radius 3 is 2.52 bits per heavy atom. The third kappa shape index (κ3) is 11.6. The Labute approximate surface area is 199 Å². The summed E-state index contributed by atoms with van der Waals surface area (Å²) in [4.78, 5) is 18.0. The van der Waals surface area contributed by atoms with E-state index in [1.54, 1.807) is 32.3 Å². The standard InChI is InChI=1S/C21H31F3N4O2.HI/c1-28(2)19(29)13-26-20(27-18-9-4-3-5-10-18)25-12-16-7-6-8-17(11-16)14-30-15-21(22,23)24;/h6-8,11,18H,3-5,9-10,12-15H2,1-2H3,(H2,25,26,27);1H. The van der Waals surface area contributed by atoms with Crippen molar-refractivity contribution in [3.05, 3.63) is 35.4 Å². The lowest BCUT2D eigenvalue weighted by molar-refractivity contribution is -0.176. The highest BCUT2D eigenvalue weighted by molar-refractivity contribution is 14.0. The number of carbonyl (C=O) groups excluding carboxylic acids is 1. The molecule has 0 atom stereocenters. The molecule has 10 heteroatoms. The molecule has 0 aromatic heterocycles. The summed E-state index contributed by atoms with van der Waals surface area (Å²) < 4.78 is 41.4. The van der Waals surface area contributed by atoms with Crippen molar-refractivity contribution in [2.24, 2.45) is 4.99 Å². The Balaban J connectivity index is 0.00000480. The Bertz CT molecular complexity index is 708. The molecule has 1 aliphatic rings. The molecule has 1 aliphatic carbocycles. The monoisotopic (exact) mass is 556 g/mol. The van der Waals surface area contributed by atoms with E-state index in [1.165, 1.54) is 24.2 Å². The van der Waals surface area contributed by atoms with E-state index in [0.29, 0.717) is 24.1 Å². The summed E-state index contributed by atoms with van der Waals surface area (Å²) in [5.41, 5.74) is 1.51. The normalized spacial score (nSPS) is 15.2. The van der Waals surface area contributed by atoms with Crippen LogP contribution in [0.2, 0.25) is 0 Å². The number of hydrogen-bond donors (Lipinski definition) is 2. The number of likely N-dealkylation sites (N-methyl/N-ethyl adjacent to an activating group) is 1. The second-order valence-corrected chi connectivity index (χ2v) is 7.71. The van der Waals surface area contributed by atoms with Gasteiger partial charge in [-0.2, -0.15) is 13.2 Å². The molecular formula is C21H32F3IN4O2. The molecule has 2 N–H and O–H groups in total. The SMILES string of the molecule is CN(C)C(=O)CNC(=NCc1cccc(COCC(F)(F)F)c1)NC1CCCCC1.I. The largest absolute Gasteiger partial charge is 0.411 e. The number of rotatable bonds is 8. The van der Waals surface area contributed by atoms with Crippen LogP contribution in [0.4, 0.5) is 13.2 Å². The number of nitrogens with zero attached hydrogens (tertiary/aromatic N) is 2. The summed E-state index contributed by atoms with van der Waals surface area (Å²) in [6, 6.07) is 7.46. The molecule has 0 unspecified atom stereocenters. The number of carbonyl (C=O) groups is 1. The zero-order chi connectivity index (χ0) is 22.0. The van der Waals surface area contributed by atoms with Crippen LogP contribution in [-0.4, -0.2) is 56.2 Å². The van der Waals surface area contributed by atoms with Crippen molar-refractivity contribution < 1.29 is 22.7 Å². The van der Waals surface area contributed by atoms with Gasteiger partial charge in [0.2, 0.25) is 5.91 Å².